The molecule has 0 saturated heterocycles. The fourth-order valence-electron chi connectivity index (χ4n) is 3.02. The highest BCUT2D eigenvalue weighted by Crippen LogP contribution is 2.33. The molecule has 1 fully saturated rings. The van der Waals surface area contributed by atoms with E-state index < -0.39 is 0 Å². The number of ketones is 1. The Bertz CT molecular complexity index is 809. The number of aromatic nitrogens is 1. The molecule has 1 aliphatic carbocycles. The van der Waals surface area contributed by atoms with Crippen LogP contribution >= 0.6 is 11.3 Å². The van der Waals surface area contributed by atoms with Crippen molar-refractivity contribution in [3.05, 3.63) is 57.8 Å². The number of fused-ring (bicyclic) bond motifs is 1. The number of hydrogen-bond acceptors (Lipinski definition) is 5. The Balaban J connectivity index is 1.82. The molecule has 0 amide bonds. The van der Waals surface area contributed by atoms with Gasteiger partial charge >= 0.3 is 0 Å². The summed E-state index contributed by atoms with van der Waals surface area (Å²) >= 11 is 1.50. The van der Waals surface area contributed by atoms with Crippen LogP contribution in [0.1, 0.15) is 29.8 Å². The van der Waals surface area contributed by atoms with E-state index in [1.807, 2.05) is 5.38 Å². The Morgan fingerprint density at radius 2 is 2.09 bits per heavy atom. The Morgan fingerprint density at radius 1 is 1.26 bits per heavy atom. The zero-order valence-electron chi connectivity index (χ0n) is 12.3. The Labute approximate surface area is 136 Å². The average Bonchev–Trinajstić information content (AvgIpc) is 3.09. The first-order valence-corrected chi connectivity index (χ1v) is 8.38. The fraction of sp³-hybridized carbons (Fsp3) is 0.235. The molecule has 1 N–H and O–H groups in total. The van der Waals surface area contributed by atoms with Crippen LogP contribution in [-0.2, 0) is 4.79 Å². The van der Waals surface area contributed by atoms with Gasteiger partial charge in [0.25, 0.3) is 0 Å². The minimum absolute atomic E-state index is 0.120. The number of carbonyl (C=O) groups excluding carboxylic acids is 1. The second-order valence-electron chi connectivity index (χ2n) is 5.57. The third-order valence-corrected chi connectivity index (χ3v) is 4.86. The van der Waals surface area contributed by atoms with E-state index in [0.29, 0.717) is 17.8 Å². The minimum Gasteiger partial charge on any atom is -0.337 e. The average molecular weight is 327 g/mol. The molecule has 23 heavy (non-hydrogen) atoms. The smallest absolute Gasteiger partial charge is 0.163 e. The summed E-state index contributed by atoms with van der Waals surface area (Å²) in [7, 11) is 0. The van der Waals surface area contributed by atoms with Crippen LogP contribution in [0.25, 0.3) is 5.70 Å². The normalized spacial score (nSPS) is 20.8. The first-order chi connectivity index (χ1) is 11.2. The molecule has 4 rings (SSSR count). The van der Waals surface area contributed by atoms with Crippen molar-refractivity contribution in [3.8, 4) is 0 Å². The van der Waals surface area contributed by atoms with Gasteiger partial charge in [-0.25, -0.2) is 9.37 Å². The molecule has 0 spiro atoms. The SMILES string of the molecule is O=C1CCCC2N=C(c3nccs3)NC(c3ccc(F)cc3)=C12. The molecule has 1 aromatic carbocycles. The summed E-state index contributed by atoms with van der Waals surface area (Å²) in [6, 6.07) is 6.04. The number of thiazole rings is 1. The van der Waals surface area contributed by atoms with Gasteiger partial charge in [0.05, 0.1) is 11.7 Å². The van der Waals surface area contributed by atoms with Crippen LogP contribution in [0, 0.1) is 5.82 Å². The summed E-state index contributed by atoms with van der Waals surface area (Å²) in [5, 5.41) is 5.94. The van der Waals surface area contributed by atoms with Crippen LogP contribution in [-0.4, -0.2) is 22.6 Å². The summed E-state index contributed by atoms with van der Waals surface area (Å²) in [5.41, 5.74) is 2.24. The minimum atomic E-state index is -0.296. The van der Waals surface area contributed by atoms with Gasteiger partial charge in [0, 0.05) is 23.6 Å². The lowest BCUT2D eigenvalue weighted by atomic mass is 9.85. The lowest BCUT2D eigenvalue weighted by molar-refractivity contribution is -0.116. The molecule has 0 bridgehead atoms. The number of amidine groups is 1. The number of benzene rings is 1. The predicted octanol–water partition coefficient (Wildman–Crippen LogP) is 3.16. The van der Waals surface area contributed by atoms with Gasteiger partial charge in [-0.3, -0.25) is 9.79 Å². The van der Waals surface area contributed by atoms with Crippen LogP contribution in [0.4, 0.5) is 4.39 Å². The van der Waals surface area contributed by atoms with Crippen LogP contribution in [0.5, 0.6) is 0 Å². The Hall–Kier alpha value is -2.34. The summed E-state index contributed by atoms with van der Waals surface area (Å²) in [6.07, 6.45) is 3.97. The molecular weight excluding hydrogens is 313 g/mol. The second kappa shape index (κ2) is 5.70. The van der Waals surface area contributed by atoms with Crippen LogP contribution in [0.15, 0.2) is 46.4 Å². The zero-order valence-corrected chi connectivity index (χ0v) is 13.1. The van der Waals surface area contributed by atoms with E-state index in [9.17, 15) is 9.18 Å². The molecule has 1 unspecified atom stereocenters. The van der Waals surface area contributed by atoms with Crippen molar-refractivity contribution in [1.82, 2.24) is 10.3 Å². The number of Topliss-reactive ketones (excluding diaryl/α,β-unsaturated/α-hetero) is 1. The van der Waals surface area contributed by atoms with Gasteiger partial charge < -0.3 is 5.32 Å². The van der Waals surface area contributed by atoms with Crippen molar-refractivity contribution < 1.29 is 9.18 Å². The molecular formula is C17H14FN3OS. The highest BCUT2D eigenvalue weighted by Gasteiger charge is 2.33. The van der Waals surface area contributed by atoms with Crippen molar-refractivity contribution in [2.45, 2.75) is 25.3 Å². The number of aliphatic imine (C=N–C) groups is 1. The molecule has 1 aromatic heterocycles. The van der Waals surface area contributed by atoms with Crippen molar-refractivity contribution in [2.75, 3.05) is 0 Å². The van der Waals surface area contributed by atoms with Crippen LogP contribution in [0.3, 0.4) is 0 Å². The maximum Gasteiger partial charge on any atom is 0.163 e. The van der Waals surface area contributed by atoms with E-state index in [-0.39, 0.29) is 17.6 Å². The molecule has 0 radical (unpaired) electrons. The Kier molecular flexibility index (Phi) is 3.53. The molecule has 6 heteroatoms. The first-order valence-electron chi connectivity index (χ1n) is 7.50. The summed E-state index contributed by atoms with van der Waals surface area (Å²) < 4.78 is 13.2. The highest BCUT2D eigenvalue weighted by molar-refractivity contribution is 7.11. The number of hydrogen-bond donors (Lipinski definition) is 1. The van der Waals surface area contributed by atoms with Crippen molar-refractivity contribution in [3.63, 3.8) is 0 Å². The fourth-order valence-corrected chi connectivity index (χ4v) is 3.61. The third kappa shape index (κ3) is 2.59. The number of halogens is 1. The standard InChI is InChI=1S/C17H14FN3OS/c18-11-6-4-10(5-7-11)15-14-12(2-1-3-13(14)22)20-16(21-15)17-19-8-9-23-17/h4-9,12H,1-3H2,(H,20,21). The van der Waals surface area contributed by atoms with Crippen molar-refractivity contribution in [2.24, 2.45) is 4.99 Å². The lowest BCUT2D eigenvalue weighted by Gasteiger charge is -2.30. The monoisotopic (exact) mass is 327 g/mol. The summed E-state index contributed by atoms with van der Waals surface area (Å²) in [5.74, 6) is 0.508. The van der Waals surface area contributed by atoms with Gasteiger partial charge in [-0.1, -0.05) is 0 Å². The predicted molar refractivity (Wildman–Crippen MR) is 87.8 cm³/mol. The molecule has 1 saturated carbocycles. The number of carbonyl (C=O) groups is 1. The van der Waals surface area contributed by atoms with E-state index in [4.69, 9.17) is 4.99 Å². The molecule has 116 valence electrons. The summed E-state index contributed by atoms with van der Waals surface area (Å²) in [6.45, 7) is 0. The van der Waals surface area contributed by atoms with E-state index in [2.05, 4.69) is 10.3 Å². The highest BCUT2D eigenvalue weighted by atomic mass is 32.1. The van der Waals surface area contributed by atoms with E-state index in [0.717, 1.165) is 29.1 Å². The number of nitrogens with zero attached hydrogens (tertiary/aromatic N) is 2. The third-order valence-electron chi connectivity index (χ3n) is 4.08. The second-order valence-corrected chi connectivity index (χ2v) is 6.46. The van der Waals surface area contributed by atoms with Crippen LogP contribution in [0.2, 0.25) is 0 Å². The largest absolute Gasteiger partial charge is 0.337 e. The molecule has 2 aromatic rings. The quantitative estimate of drug-likeness (QED) is 0.922. The van der Waals surface area contributed by atoms with Gasteiger partial charge in [-0.05, 0) is 42.7 Å². The van der Waals surface area contributed by atoms with Crippen LogP contribution < -0.4 is 5.32 Å². The van der Waals surface area contributed by atoms with E-state index >= 15 is 0 Å². The lowest BCUT2D eigenvalue weighted by Crippen LogP contribution is -2.37. The zero-order chi connectivity index (χ0) is 15.8. The maximum atomic E-state index is 13.2. The van der Waals surface area contributed by atoms with Gasteiger partial charge in [-0.2, -0.15) is 0 Å². The van der Waals surface area contributed by atoms with Crippen molar-refractivity contribution >= 4 is 28.7 Å². The van der Waals surface area contributed by atoms with Gasteiger partial charge in [0.1, 0.15) is 5.82 Å². The Morgan fingerprint density at radius 3 is 2.83 bits per heavy atom. The number of rotatable bonds is 2. The van der Waals surface area contributed by atoms with Crippen molar-refractivity contribution in [1.29, 1.82) is 0 Å². The topological polar surface area (TPSA) is 54.4 Å². The van der Waals surface area contributed by atoms with E-state index in [1.165, 1.54) is 23.5 Å². The molecule has 4 nitrogen and oxygen atoms in total. The summed E-state index contributed by atoms with van der Waals surface area (Å²) in [4.78, 5) is 21.4. The van der Waals surface area contributed by atoms with E-state index in [1.54, 1.807) is 18.3 Å². The first kappa shape index (κ1) is 14.3. The number of nitrogens with one attached hydrogen (secondary N) is 1. The molecule has 2 heterocycles. The molecule has 2 aliphatic rings. The van der Waals surface area contributed by atoms with Gasteiger partial charge in [0.15, 0.2) is 16.6 Å². The maximum absolute atomic E-state index is 13.2. The van der Waals surface area contributed by atoms with Gasteiger partial charge in [0.2, 0.25) is 0 Å². The molecule has 1 aliphatic heterocycles. The van der Waals surface area contributed by atoms with Gasteiger partial charge in [-0.15, -0.1) is 11.3 Å². The molecule has 1 atom stereocenters.